The second kappa shape index (κ2) is 6.09. The SMILES string of the molecule is CCOc1n[nH]c(NC(=O)Cc2cccc(F)c2F)n1. The van der Waals surface area contributed by atoms with E-state index in [2.05, 4.69) is 20.5 Å². The predicted molar refractivity (Wildman–Crippen MR) is 66.2 cm³/mol. The number of amides is 1. The molecule has 0 spiro atoms. The van der Waals surface area contributed by atoms with Crippen LogP contribution in [0, 0.1) is 11.6 Å². The van der Waals surface area contributed by atoms with E-state index in [1.807, 2.05) is 0 Å². The summed E-state index contributed by atoms with van der Waals surface area (Å²) in [6, 6.07) is 3.76. The standard InChI is InChI=1S/C12H12F2N4O2/c1-2-20-12-16-11(17-18-12)15-9(19)6-7-4-3-5-8(13)10(7)14/h3-5H,2,6H2,1H3,(H2,15,16,17,18,19). The van der Waals surface area contributed by atoms with Crippen molar-refractivity contribution in [2.24, 2.45) is 0 Å². The van der Waals surface area contributed by atoms with Crippen molar-refractivity contribution in [3.8, 4) is 6.01 Å². The van der Waals surface area contributed by atoms with E-state index < -0.39 is 17.5 Å². The van der Waals surface area contributed by atoms with E-state index in [-0.39, 0.29) is 23.9 Å². The molecule has 1 aromatic carbocycles. The number of carbonyl (C=O) groups excluding carboxylic acids is 1. The first-order chi connectivity index (χ1) is 9.60. The predicted octanol–water partition coefficient (Wildman–Crippen LogP) is 1.66. The molecule has 6 nitrogen and oxygen atoms in total. The van der Waals surface area contributed by atoms with Gasteiger partial charge in [-0.3, -0.25) is 10.1 Å². The summed E-state index contributed by atoms with van der Waals surface area (Å²) in [4.78, 5) is 15.5. The molecule has 0 fully saturated rings. The van der Waals surface area contributed by atoms with Crippen LogP contribution in [0.15, 0.2) is 18.2 Å². The van der Waals surface area contributed by atoms with E-state index in [0.29, 0.717) is 6.61 Å². The van der Waals surface area contributed by atoms with Crippen LogP contribution in [0.3, 0.4) is 0 Å². The van der Waals surface area contributed by atoms with Gasteiger partial charge in [-0.15, -0.1) is 5.10 Å². The molecule has 0 aliphatic heterocycles. The number of halogens is 2. The molecule has 0 saturated carbocycles. The van der Waals surface area contributed by atoms with Crippen LogP contribution in [0.4, 0.5) is 14.7 Å². The number of hydrogen-bond donors (Lipinski definition) is 2. The molecule has 0 aliphatic carbocycles. The minimum atomic E-state index is -1.03. The van der Waals surface area contributed by atoms with Crippen LogP contribution in [0.1, 0.15) is 12.5 Å². The van der Waals surface area contributed by atoms with Gasteiger partial charge in [0.25, 0.3) is 0 Å². The number of nitrogens with zero attached hydrogens (tertiary/aromatic N) is 2. The summed E-state index contributed by atoms with van der Waals surface area (Å²) in [5.74, 6) is -2.49. The lowest BCUT2D eigenvalue weighted by Crippen LogP contribution is -2.16. The van der Waals surface area contributed by atoms with Gasteiger partial charge in [-0.1, -0.05) is 12.1 Å². The summed E-state index contributed by atoms with van der Waals surface area (Å²) in [5.41, 5.74) is -0.0351. The highest BCUT2D eigenvalue weighted by Gasteiger charge is 2.13. The Morgan fingerprint density at radius 3 is 3.00 bits per heavy atom. The van der Waals surface area contributed by atoms with Crippen molar-refractivity contribution in [2.75, 3.05) is 11.9 Å². The summed E-state index contributed by atoms with van der Waals surface area (Å²) in [5, 5.41) is 8.52. The Morgan fingerprint density at radius 2 is 2.25 bits per heavy atom. The summed E-state index contributed by atoms with van der Waals surface area (Å²) in [6.45, 7) is 2.15. The largest absolute Gasteiger partial charge is 0.463 e. The lowest BCUT2D eigenvalue weighted by Gasteiger charge is -2.03. The third-order valence-corrected chi connectivity index (χ3v) is 2.38. The Morgan fingerprint density at radius 1 is 1.45 bits per heavy atom. The molecule has 0 radical (unpaired) electrons. The Balaban J connectivity index is 1.99. The van der Waals surface area contributed by atoms with Gasteiger partial charge < -0.3 is 4.74 Å². The maximum Gasteiger partial charge on any atom is 0.337 e. The molecular formula is C12H12F2N4O2. The van der Waals surface area contributed by atoms with Crippen LogP contribution in [-0.4, -0.2) is 27.7 Å². The minimum absolute atomic E-state index is 0.0351. The zero-order valence-corrected chi connectivity index (χ0v) is 10.6. The average molecular weight is 282 g/mol. The highest BCUT2D eigenvalue weighted by Crippen LogP contribution is 2.13. The van der Waals surface area contributed by atoms with E-state index in [0.717, 1.165) is 6.07 Å². The first-order valence-corrected chi connectivity index (χ1v) is 5.88. The van der Waals surface area contributed by atoms with Crippen LogP contribution in [0.5, 0.6) is 6.01 Å². The van der Waals surface area contributed by atoms with E-state index >= 15 is 0 Å². The molecule has 0 saturated heterocycles. The molecule has 1 amide bonds. The van der Waals surface area contributed by atoms with Gasteiger partial charge in [0.05, 0.1) is 13.0 Å². The van der Waals surface area contributed by atoms with E-state index in [1.165, 1.54) is 12.1 Å². The average Bonchev–Trinajstić information content (AvgIpc) is 2.83. The highest BCUT2D eigenvalue weighted by atomic mass is 19.2. The smallest absolute Gasteiger partial charge is 0.337 e. The highest BCUT2D eigenvalue weighted by molar-refractivity contribution is 5.90. The lowest BCUT2D eigenvalue weighted by molar-refractivity contribution is -0.115. The lowest BCUT2D eigenvalue weighted by atomic mass is 10.1. The number of anilines is 1. The third kappa shape index (κ3) is 3.28. The maximum absolute atomic E-state index is 13.4. The van der Waals surface area contributed by atoms with Gasteiger partial charge in [-0.05, 0) is 13.0 Å². The summed E-state index contributed by atoms with van der Waals surface area (Å²) >= 11 is 0. The Hall–Kier alpha value is -2.51. The Labute approximate surface area is 113 Å². The zero-order valence-electron chi connectivity index (χ0n) is 10.6. The Bertz CT molecular complexity index is 615. The van der Waals surface area contributed by atoms with Gasteiger partial charge in [-0.25, -0.2) is 13.9 Å². The number of benzene rings is 1. The Kier molecular flexibility index (Phi) is 4.24. The van der Waals surface area contributed by atoms with E-state index in [9.17, 15) is 13.6 Å². The summed E-state index contributed by atoms with van der Waals surface area (Å²) < 4.78 is 31.4. The molecule has 2 N–H and O–H groups in total. The number of carbonyl (C=O) groups is 1. The number of aromatic nitrogens is 3. The van der Waals surface area contributed by atoms with Crippen LogP contribution < -0.4 is 10.1 Å². The molecule has 106 valence electrons. The summed E-state index contributed by atoms with van der Waals surface area (Å²) in [7, 11) is 0. The molecule has 2 rings (SSSR count). The molecular weight excluding hydrogens is 270 g/mol. The van der Waals surface area contributed by atoms with Gasteiger partial charge in [0.15, 0.2) is 11.6 Å². The molecule has 1 aromatic heterocycles. The van der Waals surface area contributed by atoms with Crippen LogP contribution in [0.2, 0.25) is 0 Å². The van der Waals surface area contributed by atoms with Gasteiger partial charge in [0, 0.05) is 5.56 Å². The third-order valence-electron chi connectivity index (χ3n) is 2.38. The molecule has 0 unspecified atom stereocenters. The van der Waals surface area contributed by atoms with Crippen molar-refractivity contribution in [1.29, 1.82) is 0 Å². The van der Waals surface area contributed by atoms with Crippen LogP contribution >= 0.6 is 0 Å². The first kappa shape index (κ1) is 13.9. The van der Waals surface area contributed by atoms with E-state index in [1.54, 1.807) is 6.92 Å². The van der Waals surface area contributed by atoms with E-state index in [4.69, 9.17) is 4.74 Å². The fourth-order valence-corrected chi connectivity index (χ4v) is 1.53. The number of hydrogen-bond acceptors (Lipinski definition) is 4. The number of H-pyrrole nitrogens is 1. The summed E-state index contributed by atoms with van der Waals surface area (Å²) in [6.07, 6.45) is -0.311. The normalized spacial score (nSPS) is 10.3. The topological polar surface area (TPSA) is 79.9 Å². The van der Waals surface area contributed by atoms with Gasteiger partial charge in [0.2, 0.25) is 11.9 Å². The molecule has 20 heavy (non-hydrogen) atoms. The van der Waals surface area contributed by atoms with Crippen molar-refractivity contribution in [1.82, 2.24) is 15.2 Å². The fraction of sp³-hybridized carbons (Fsp3) is 0.250. The maximum atomic E-state index is 13.4. The van der Waals surface area contributed by atoms with Crippen molar-refractivity contribution in [3.05, 3.63) is 35.4 Å². The molecule has 0 aliphatic rings. The number of ether oxygens (including phenoxy) is 1. The second-order valence-corrected chi connectivity index (χ2v) is 3.84. The molecule has 1 heterocycles. The quantitative estimate of drug-likeness (QED) is 0.874. The van der Waals surface area contributed by atoms with Crippen LogP contribution in [0.25, 0.3) is 0 Å². The molecule has 2 aromatic rings. The molecule has 0 bridgehead atoms. The van der Waals surface area contributed by atoms with Crippen LogP contribution in [-0.2, 0) is 11.2 Å². The zero-order chi connectivity index (χ0) is 14.5. The molecule has 0 atom stereocenters. The first-order valence-electron chi connectivity index (χ1n) is 5.88. The monoisotopic (exact) mass is 282 g/mol. The van der Waals surface area contributed by atoms with Crippen molar-refractivity contribution < 1.29 is 18.3 Å². The number of nitrogens with one attached hydrogen (secondary N) is 2. The van der Waals surface area contributed by atoms with Gasteiger partial charge in [0.1, 0.15) is 0 Å². The minimum Gasteiger partial charge on any atom is -0.463 e. The van der Waals surface area contributed by atoms with Gasteiger partial charge >= 0.3 is 6.01 Å². The molecule has 8 heteroatoms. The van der Waals surface area contributed by atoms with Crippen molar-refractivity contribution >= 4 is 11.9 Å². The van der Waals surface area contributed by atoms with Crippen molar-refractivity contribution in [3.63, 3.8) is 0 Å². The fourth-order valence-electron chi connectivity index (χ4n) is 1.53. The number of aromatic amines is 1. The van der Waals surface area contributed by atoms with Crippen molar-refractivity contribution in [2.45, 2.75) is 13.3 Å². The second-order valence-electron chi connectivity index (χ2n) is 3.84. The number of rotatable bonds is 5. The van der Waals surface area contributed by atoms with Gasteiger partial charge in [-0.2, -0.15) is 4.98 Å².